The molecule has 1 aromatic heterocycles. The summed E-state index contributed by atoms with van der Waals surface area (Å²) in [4.78, 5) is 0. The molecule has 2 aromatic rings. The first-order valence-corrected chi connectivity index (χ1v) is 5.54. The number of nitrogens with one attached hydrogen (secondary N) is 1. The lowest BCUT2D eigenvalue weighted by Crippen LogP contribution is -2.22. The third-order valence-corrected chi connectivity index (χ3v) is 2.64. The molecular formula is C12H16N4O. The minimum atomic E-state index is -0.489. The van der Waals surface area contributed by atoms with E-state index in [1.807, 2.05) is 37.4 Å². The molecule has 90 valence electrons. The van der Waals surface area contributed by atoms with E-state index in [9.17, 15) is 5.11 Å². The van der Waals surface area contributed by atoms with Crippen LogP contribution in [0.5, 0.6) is 0 Å². The summed E-state index contributed by atoms with van der Waals surface area (Å²) in [5, 5.41) is 20.7. The van der Waals surface area contributed by atoms with Gasteiger partial charge in [0.25, 0.3) is 0 Å². The molecule has 1 atom stereocenters. The number of nitrogens with zero attached hydrogens (tertiary/aromatic N) is 3. The zero-order valence-electron chi connectivity index (χ0n) is 9.74. The minimum absolute atomic E-state index is 0.489. The lowest BCUT2D eigenvalue weighted by Gasteiger charge is -2.11. The van der Waals surface area contributed by atoms with Gasteiger partial charge in [0.05, 0.1) is 18.0 Å². The van der Waals surface area contributed by atoms with Gasteiger partial charge in [-0.2, -0.15) is 0 Å². The quantitative estimate of drug-likeness (QED) is 0.794. The Morgan fingerprint density at radius 3 is 2.76 bits per heavy atom. The zero-order valence-corrected chi connectivity index (χ0v) is 9.74. The topological polar surface area (TPSA) is 63.0 Å². The smallest absolute Gasteiger partial charge is 0.0914 e. The molecule has 0 aliphatic heterocycles. The van der Waals surface area contributed by atoms with Gasteiger partial charge in [-0.05, 0) is 5.56 Å². The fourth-order valence-electron chi connectivity index (χ4n) is 1.60. The number of aliphatic hydroxyl groups excluding tert-OH is 1. The SMILES string of the molecule is Cn1nncc1CNCC(O)c1ccccc1. The van der Waals surface area contributed by atoms with E-state index in [4.69, 9.17) is 0 Å². The van der Waals surface area contributed by atoms with Crippen molar-refractivity contribution in [2.75, 3.05) is 6.54 Å². The largest absolute Gasteiger partial charge is 0.387 e. The van der Waals surface area contributed by atoms with Crippen molar-refractivity contribution in [3.8, 4) is 0 Å². The lowest BCUT2D eigenvalue weighted by atomic mass is 10.1. The van der Waals surface area contributed by atoms with Gasteiger partial charge in [0.15, 0.2) is 0 Å². The van der Waals surface area contributed by atoms with Crippen LogP contribution in [-0.4, -0.2) is 26.6 Å². The first-order valence-electron chi connectivity index (χ1n) is 5.54. The zero-order chi connectivity index (χ0) is 12.1. The summed E-state index contributed by atoms with van der Waals surface area (Å²) in [6, 6.07) is 9.61. The fourth-order valence-corrected chi connectivity index (χ4v) is 1.60. The molecule has 0 aliphatic carbocycles. The summed E-state index contributed by atoms with van der Waals surface area (Å²) in [5.74, 6) is 0. The van der Waals surface area contributed by atoms with Gasteiger partial charge >= 0.3 is 0 Å². The highest BCUT2D eigenvalue weighted by molar-refractivity contribution is 5.17. The molecule has 0 saturated heterocycles. The number of aliphatic hydroxyl groups is 1. The van der Waals surface area contributed by atoms with Gasteiger partial charge in [0, 0.05) is 20.1 Å². The molecule has 5 heteroatoms. The Morgan fingerprint density at radius 1 is 1.35 bits per heavy atom. The number of aryl methyl sites for hydroxylation is 1. The molecule has 5 nitrogen and oxygen atoms in total. The van der Waals surface area contributed by atoms with E-state index < -0.39 is 6.10 Å². The maximum absolute atomic E-state index is 9.92. The minimum Gasteiger partial charge on any atom is -0.387 e. The van der Waals surface area contributed by atoms with E-state index >= 15 is 0 Å². The third kappa shape index (κ3) is 3.12. The van der Waals surface area contributed by atoms with Crippen LogP contribution in [0.15, 0.2) is 36.5 Å². The first kappa shape index (κ1) is 11.8. The van der Waals surface area contributed by atoms with Crippen LogP contribution >= 0.6 is 0 Å². The number of rotatable bonds is 5. The van der Waals surface area contributed by atoms with Gasteiger partial charge in [-0.1, -0.05) is 35.5 Å². The molecule has 0 radical (unpaired) electrons. The Morgan fingerprint density at radius 2 is 2.12 bits per heavy atom. The predicted octanol–water partition coefficient (Wildman–Crippen LogP) is 0.638. The molecule has 0 aliphatic rings. The van der Waals surface area contributed by atoms with E-state index in [-0.39, 0.29) is 0 Å². The molecule has 17 heavy (non-hydrogen) atoms. The van der Waals surface area contributed by atoms with Crippen LogP contribution < -0.4 is 5.32 Å². The summed E-state index contributed by atoms with van der Waals surface area (Å²) >= 11 is 0. The second kappa shape index (κ2) is 5.56. The van der Waals surface area contributed by atoms with Crippen molar-refractivity contribution >= 4 is 0 Å². The van der Waals surface area contributed by atoms with Crippen LogP contribution in [0.25, 0.3) is 0 Å². The summed E-state index contributed by atoms with van der Waals surface area (Å²) in [5.41, 5.74) is 1.91. The van der Waals surface area contributed by atoms with E-state index in [1.54, 1.807) is 10.9 Å². The maximum Gasteiger partial charge on any atom is 0.0914 e. The summed E-state index contributed by atoms with van der Waals surface area (Å²) in [7, 11) is 1.84. The number of hydrogen-bond acceptors (Lipinski definition) is 4. The van der Waals surface area contributed by atoms with E-state index in [0.29, 0.717) is 13.1 Å². The van der Waals surface area contributed by atoms with Crippen molar-refractivity contribution < 1.29 is 5.11 Å². The van der Waals surface area contributed by atoms with Crippen LogP contribution in [0.3, 0.4) is 0 Å². The Hall–Kier alpha value is -1.72. The molecule has 0 amide bonds. The average molecular weight is 232 g/mol. The number of hydrogen-bond donors (Lipinski definition) is 2. The highest BCUT2D eigenvalue weighted by atomic mass is 16.3. The molecule has 2 N–H and O–H groups in total. The van der Waals surface area contributed by atoms with Crippen LogP contribution in [-0.2, 0) is 13.6 Å². The Labute approximate surface area is 100 Å². The lowest BCUT2D eigenvalue weighted by molar-refractivity contribution is 0.174. The first-order chi connectivity index (χ1) is 8.27. The highest BCUT2D eigenvalue weighted by Gasteiger charge is 2.06. The van der Waals surface area contributed by atoms with Crippen molar-refractivity contribution in [3.63, 3.8) is 0 Å². The monoisotopic (exact) mass is 232 g/mol. The van der Waals surface area contributed by atoms with Crippen LogP contribution in [0.1, 0.15) is 17.4 Å². The molecule has 1 aromatic carbocycles. The second-order valence-electron chi connectivity index (χ2n) is 3.91. The van der Waals surface area contributed by atoms with Gasteiger partial charge in [0.2, 0.25) is 0 Å². The molecule has 0 fully saturated rings. The molecule has 0 saturated carbocycles. The van der Waals surface area contributed by atoms with Crippen LogP contribution in [0.2, 0.25) is 0 Å². The van der Waals surface area contributed by atoms with Gasteiger partial charge in [-0.3, -0.25) is 4.68 Å². The molecule has 0 bridgehead atoms. The summed E-state index contributed by atoms with van der Waals surface area (Å²) in [6.45, 7) is 1.16. The van der Waals surface area contributed by atoms with Gasteiger partial charge in [-0.25, -0.2) is 0 Å². The van der Waals surface area contributed by atoms with Gasteiger partial charge in [-0.15, -0.1) is 5.10 Å². The van der Waals surface area contributed by atoms with Gasteiger partial charge < -0.3 is 10.4 Å². The van der Waals surface area contributed by atoms with Crippen LogP contribution in [0, 0.1) is 0 Å². The molecule has 1 heterocycles. The average Bonchev–Trinajstić information content (AvgIpc) is 2.76. The number of aromatic nitrogens is 3. The van der Waals surface area contributed by atoms with Crippen molar-refractivity contribution in [3.05, 3.63) is 47.8 Å². The predicted molar refractivity (Wildman–Crippen MR) is 64.1 cm³/mol. The molecule has 2 rings (SSSR count). The maximum atomic E-state index is 9.92. The third-order valence-electron chi connectivity index (χ3n) is 2.64. The summed E-state index contributed by atoms with van der Waals surface area (Å²) in [6.07, 6.45) is 1.22. The van der Waals surface area contributed by atoms with Crippen molar-refractivity contribution in [1.82, 2.24) is 20.3 Å². The Kier molecular flexibility index (Phi) is 3.85. The molecular weight excluding hydrogens is 216 g/mol. The van der Waals surface area contributed by atoms with Crippen LogP contribution in [0.4, 0.5) is 0 Å². The normalized spacial score (nSPS) is 12.6. The summed E-state index contributed by atoms with van der Waals surface area (Å²) < 4.78 is 1.71. The van der Waals surface area contributed by atoms with Crippen molar-refractivity contribution in [2.24, 2.45) is 7.05 Å². The second-order valence-corrected chi connectivity index (χ2v) is 3.91. The fraction of sp³-hybridized carbons (Fsp3) is 0.333. The van der Waals surface area contributed by atoms with Crippen molar-refractivity contribution in [1.29, 1.82) is 0 Å². The Balaban J connectivity index is 1.81. The van der Waals surface area contributed by atoms with Gasteiger partial charge in [0.1, 0.15) is 0 Å². The van der Waals surface area contributed by atoms with Crippen molar-refractivity contribution in [2.45, 2.75) is 12.6 Å². The standard InChI is InChI=1S/C12H16N4O/c1-16-11(8-14-15-16)7-13-9-12(17)10-5-3-2-4-6-10/h2-6,8,12-13,17H,7,9H2,1H3. The van der Waals surface area contributed by atoms with E-state index in [1.165, 1.54) is 0 Å². The highest BCUT2D eigenvalue weighted by Crippen LogP contribution is 2.10. The van der Waals surface area contributed by atoms with E-state index in [0.717, 1.165) is 11.3 Å². The molecule has 0 spiro atoms. The number of benzene rings is 1. The Bertz CT molecular complexity index is 455. The van der Waals surface area contributed by atoms with E-state index in [2.05, 4.69) is 15.6 Å². The molecule has 1 unspecified atom stereocenters.